The topological polar surface area (TPSA) is 131 Å². The number of methoxy groups -OCH3 is 1. The Morgan fingerprint density at radius 2 is 1.83 bits per heavy atom. The molecule has 10 nitrogen and oxygen atoms in total. The van der Waals surface area contributed by atoms with Crippen LogP contribution in [0.2, 0.25) is 0 Å². The minimum absolute atomic E-state index is 0.0142. The summed E-state index contributed by atoms with van der Waals surface area (Å²) in [6.07, 6.45) is -10.2. The highest BCUT2D eigenvalue weighted by atomic mass is 19.4. The largest absolute Gasteiger partial charge is 0.480 e. The highest BCUT2D eigenvalue weighted by Gasteiger charge is 2.56. The fraction of sp³-hybridized carbons (Fsp3) is 0.379. The molecule has 0 saturated carbocycles. The van der Waals surface area contributed by atoms with E-state index in [0.717, 1.165) is 35.2 Å². The van der Waals surface area contributed by atoms with E-state index >= 15 is 4.39 Å². The number of likely N-dealkylation sites (tertiary alicyclic amines) is 1. The highest BCUT2D eigenvalue weighted by Crippen LogP contribution is 2.43. The average molecular weight is 656 g/mol. The minimum Gasteiger partial charge on any atom is -0.480 e. The number of carbonyl (C=O) groups excluding carboxylic acids is 1. The summed E-state index contributed by atoms with van der Waals surface area (Å²) in [5.41, 5.74) is 0.165. The van der Waals surface area contributed by atoms with E-state index in [1.807, 2.05) is 0 Å². The molecule has 1 aliphatic rings. The first-order valence-corrected chi connectivity index (χ1v) is 13.8. The van der Waals surface area contributed by atoms with Crippen molar-refractivity contribution in [1.29, 1.82) is 0 Å². The van der Waals surface area contributed by atoms with Crippen molar-refractivity contribution >= 4 is 17.2 Å². The molecular weight excluding hydrogens is 627 g/mol. The first kappa shape index (κ1) is 32.9. The second kappa shape index (κ2) is 12.0. The van der Waals surface area contributed by atoms with Crippen LogP contribution in [-0.4, -0.2) is 80.1 Å². The quantitative estimate of drug-likeness (QED) is 0.239. The van der Waals surface area contributed by atoms with E-state index in [0.29, 0.717) is 0 Å². The van der Waals surface area contributed by atoms with Gasteiger partial charge in [0.2, 0.25) is 5.88 Å². The number of rotatable bonds is 8. The number of halogens is 7. The molecule has 4 aromatic rings. The first-order valence-electron chi connectivity index (χ1n) is 13.8. The van der Waals surface area contributed by atoms with Gasteiger partial charge in [0.25, 0.3) is 5.91 Å². The van der Waals surface area contributed by atoms with E-state index in [9.17, 15) is 36.2 Å². The van der Waals surface area contributed by atoms with Gasteiger partial charge in [0.1, 0.15) is 23.6 Å². The summed E-state index contributed by atoms with van der Waals surface area (Å²) in [5, 5.41) is 17.1. The molecule has 0 spiro atoms. The molecule has 0 bridgehead atoms. The molecule has 0 aliphatic carbocycles. The van der Waals surface area contributed by atoms with Crippen LogP contribution < -0.4 is 15.8 Å². The minimum atomic E-state index is -5.02. The van der Waals surface area contributed by atoms with Gasteiger partial charge < -0.3 is 20.9 Å². The number of amides is 1. The number of alkyl halides is 7. The number of aromatic nitrogens is 4. The van der Waals surface area contributed by atoms with Gasteiger partial charge in [0.05, 0.1) is 24.4 Å². The zero-order valence-electron chi connectivity index (χ0n) is 24.3. The van der Waals surface area contributed by atoms with E-state index in [1.54, 1.807) is 0 Å². The van der Waals surface area contributed by atoms with Crippen LogP contribution in [0.25, 0.3) is 16.8 Å². The Bertz CT molecular complexity index is 1730. The molecule has 46 heavy (non-hydrogen) atoms. The monoisotopic (exact) mass is 655 g/mol. The van der Waals surface area contributed by atoms with Crippen molar-refractivity contribution in [2.75, 3.05) is 25.9 Å². The SMILES string of the molecule is COc1ncc(-c2cc(C(F)(F)F)c3c(N)ncnn23)cc1C(=O)N[C@@H]1CN([C@@H](C)CC(O)(c2ccccc2)C(F)(F)F)C[C@@H]1F. The van der Waals surface area contributed by atoms with Gasteiger partial charge in [-0.15, -0.1) is 0 Å². The smallest absolute Gasteiger partial charge is 0.421 e. The van der Waals surface area contributed by atoms with Gasteiger partial charge in [-0.05, 0) is 24.6 Å². The molecule has 1 fully saturated rings. The number of hydrogen-bond acceptors (Lipinski definition) is 8. The maximum absolute atomic E-state index is 15.2. The fourth-order valence-corrected chi connectivity index (χ4v) is 5.61. The lowest BCUT2D eigenvalue weighted by Gasteiger charge is -2.36. The van der Waals surface area contributed by atoms with E-state index in [2.05, 4.69) is 20.4 Å². The summed E-state index contributed by atoms with van der Waals surface area (Å²) in [5.74, 6) is -1.54. The molecule has 0 radical (unpaired) electrons. The molecular formula is C29H28F7N7O3. The Morgan fingerprint density at radius 1 is 1.13 bits per heavy atom. The van der Waals surface area contributed by atoms with Crippen molar-refractivity contribution in [3.8, 4) is 17.1 Å². The Morgan fingerprint density at radius 3 is 2.46 bits per heavy atom. The standard InChI is InChI=1S/C29H28F7N7O3/c1-15(10-27(45,29(34,35)36)17-6-4-3-5-7-17)42-12-20(30)21(13-42)41-25(44)18-8-16(11-38-26(18)46-2)22-9-19(28(31,32)33)23-24(37)39-14-40-43(22)23/h3-9,11,14-15,20-21,45H,10,12-13H2,1-2H3,(H,41,44)(H2,37,39,40)/t15-,20-,21+,27?/m0/s1. The van der Waals surface area contributed by atoms with Crippen molar-refractivity contribution in [2.24, 2.45) is 0 Å². The number of carbonyl (C=O) groups is 1. The Labute approximate surface area is 257 Å². The summed E-state index contributed by atoms with van der Waals surface area (Å²) < 4.78 is 105. The number of anilines is 1. The summed E-state index contributed by atoms with van der Waals surface area (Å²) in [7, 11) is 1.20. The van der Waals surface area contributed by atoms with Crippen LogP contribution in [0.15, 0.2) is 55.0 Å². The van der Waals surface area contributed by atoms with Gasteiger partial charge >= 0.3 is 12.4 Å². The van der Waals surface area contributed by atoms with Crippen LogP contribution in [0, 0.1) is 0 Å². The second-order valence-corrected chi connectivity index (χ2v) is 11.0. The molecule has 1 amide bonds. The van der Waals surface area contributed by atoms with E-state index < -0.39 is 65.4 Å². The lowest BCUT2D eigenvalue weighted by Crippen LogP contribution is -2.48. The fourth-order valence-electron chi connectivity index (χ4n) is 5.61. The number of nitrogens with zero attached hydrogens (tertiary/aromatic N) is 5. The van der Waals surface area contributed by atoms with Crippen molar-refractivity contribution in [1.82, 2.24) is 29.8 Å². The van der Waals surface area contributed by atoms with Gasteiger partial charge in [-0.2, -0.15) is 31.4 Å². The van der Waals surface area contributed by atoms with Crippen LogP contribution in [0.4, 0.5) is 36.6 Å². The Hall–Kier alpha value is -4.51. The van der Waals surface area contributed by atoms with Gasteiger partial charge in [-0.3, -0.25) is 9.69 Å². The van der Waals surface area contributed by atoms with Crippen LogP contribution in [-0.2, 0) is 11.8 Å². The van der Waals surface area contributed by atoms with Crippen molar-refractivity contribution < 1.29 is 45.4 Å². The zero-order valence-corrected chi connectivity index (χ0v) is 24.3. The van der Waals surface area contributed by atoms with E-state index in [1.165, 1.54) is 43.2 Å². The molecule has 4 heterocycles. The lowest BCUT2D eigenvalue weighted by atomic mass is 9.86. The third kappa shape index (κ3) is 6.03. The molecule has 1 aliphatic heterocycles. The molecule has 1 saturated heterocycles. The number of fused-ring (bicyclic) bond motifs is 1. The summed E-state index contributed by atoms with van der Waals surface area (Å²) in [6, 6.07) is 6.37. The van der Waals surface area contributed by atoms with Crippen LogP contribution >= 0.6 is 0 Å². The lowest BCUT2D eigenvalue weighted by molar-refractivity contribution is -0.272. The molecule has 1 unspecified atom stereocenters. The molecule has 17 heteroatoms. The van der Waals surface area contributed by atoms with Crippen molar-refractivity contribution in [2.45, 2.75) is 49.6 Å². The number of benzene rings is 1. The number of nitrogens with two attached hydrogens (primary N) is 1. The average Bonchev–Trinajstić information content (AvgIpc) is 3.58. The normalized spacial score (nSPS) is 19.6. The van der Waals surface area contributed by atoms with E-state index in [4.69, 9.17) is 10.5 Å². The van der Waals surface area contributed by atoms with Crippen molar-refractivity contribution in [3.63, 3.8) is 0 Å². The summed E-state index contributed by atoms with van der Waals surface area (Å²) in [6.45, 7) is 0.892. The second-order valence-electron chi connectivity index (χ2n) is 11.0. The number of aliphatic hydroxyl groups is 1. The van der Waals surface area contributed by atoms with Gasteiger partial charge in [-0.25, -0.2) is 18.9 Å². The van der Waals surface area contributed by atoms with Gasteiger partial charge in [0.15, 0.2) is 11.4 Å². The Balaban J connectivity index is 1.38. The third-order valence-corrected chi connectivity index (χ3v) is 8.00. The summed E-state index contributed by atoms with van der Waals surface area (Å²) >= 11 is 0. The molecule has 4 atom stereocenters. The molecule has 1 aromatic carbocycles. The van der Waals surface area contributed by atoms with Crippen LogP contribution in [0.1, 0.15) is 34.8 Å². The maximum Gasteiger partial charge on any atom is 0.421 e. The molecule has 4 N–H and O–H groups in total. The third-order valence-electron chi connectivity index (χ3n) is 8.00. The molecule has 3 aromatic heterocycles. The number of pyridine rings is 1. The molecule has 246 valence electrons. The van der Waals surface area contributed by atoms with Crippen molar-refractivity contribution in [3.05, 3.63) is 71.7 Å². The predicted molar refractivity (Wildman–Crippen MR) is 150 cm³/mol. The number of nitrogens with one attached hydrogen (secondary N) is 1. The van der Waals surface area contributed by atoms with Crippen LogP contribution in [0.5, 0.6) is 5.88 Å². The van der Waals surface area contributed by atoms with Gasteiger partial charge in [0, 0.05) is 37.3 Å². The van der Waals surface area contributed by atoms with Crippen LogP contribution in [0.3, 0.4) is 0 Å². The Kier molecular flexibility index (Phi) is 8.59. The number of ether oxygens (including phenoxy) is 1. The van der Waals surface area contributed by atoms with Gasteiger partial charge in [-0.1, -0.05) is 30.3 Å². The zero-order chi connectivity index (χ0) is 33.6. The van der Waals surface area contributed by atoms with E-state index in [-0.39, 0.29) is 41.4 Å². The first-order chi connectivity index (χ1) is 21.5. The maximum atomic E-state index is 15.2. The summed E-state index contributed by atoms with van der Waals surface area (Å²) in [4.78, 5) is 22.4. The number of nitrogen functional groups attached to an aromatic ring is 1. The predicted octanol–water partition coefficient (Wildman–Crippen LogP) is 4.38. The highest BCUT2D eigenvalue weighted by molar-refractivity contribution is 5.98. The number of hydrogen-bond donors (Lipinski definition) is 3. The molecule has 5 rings (SSSR count).